The molecule has 0 bridgehead atoms. The van der Waals surface area contributed by atoms with Crippen molar-refractivity contribution in [3.8, 4) is 0 Å². The number of aliphatic hydroxyl groups excluding tert-OH is 1. The quantitative estimate of drug-likeness (QED) is 0.646. The zero-order valence-electron chi connectivity index (χ0n) is 13.4. The number of nitrogens with zero attached hydrogens (tertiary/aromatic N) is 1. The number of esters is 1. The highest BCUT2D eigenvalue weighted by molar-refractivity contribution is 7.89. The second kappa shape index (κ2) is 8.43. The minimum atomic E-state index is -4.09. The minimum absolute atomic E-state index is 0.130. The van der Waals surface area contributed by atoms with Gasteiger partial charge in [-0.05, 0) is 31.2 Å². The van der Waals surface area contributed by atoms with Gasteiger partial charge in [0.15, 0.2) is 6.61 Å². The van der Waals surface area contributed by atoms with Crippen LogP contribution in [0.2, 0.25) is 5.02 Å². The maximum atomic E-state index is 12.3. The molecule has 1 aromatic carbocycles. The van der Waals surface area contributed by atoms with Gasteiger partial charge < -0.3 is 14.7 Å². The van der Waals surface area contributed by atoms with Crippen LogP contribution in [0.4, 0.5) is 0 Å². The average Bonchev–Trinajstić information content (AvgIpc) is 2.50. The van der Waals surface area contributed by atoms with Crippen molar-refractivity contribution in [1.82, 2.24) is 9.62 Å². The molecule has 134 valence electrons. The second-order valence-corrected chi connectivity index (χ2v) is 7.34. The lowest BCUT2D eigenvalue weighted by molar-refractivity contribution is -0.154. The molecule has 1 aromatic rings. The van der Waals surface area contributed by atoms with Gasteiger partial charge in [-0.25, -0.2) is 8.42 Å². The number of nitrogens with one attached hydrogen (secondary N) is 1. The Kier molecular flexibility index (Phi) is 7.15. The van der Waals surface area contributed by atoms with Crippen molar-refractivity contribution in [3.63, 3.8) is 0 Å². The highest BCUT2D eigenvalue weighted by Gasteiger charge is 2.31. The predicted octanol–water partition coefficient (Wildman–Crippen LogP) is -0.000900. The van der Waals surface area contributed by atoms with Gasteiger partial charge in [0.2, 0.25) is 10.0 Å². The topological polar surface area (TPSA) is 113 Å². The number of aliphatic hydroxyl groups is 1. The molecule has 2 atom stereocenters. The predicted molar refractivity (Wildman–Crippen MR) is 86.9 cm³/mol. The first-order valence-corrected chi connectivity index (χ1v) is 8.73. The molecule has 1 amide bonds. The molecule has 1 rings (SSSR count). The zero-order chi connectivity index (χ0) is 18.5. The van der Waals surface area contributed by atoms with E-state index in [1.807, 2.05) is 0 Å². The Morgan fingerprint density at radius 1 is 1.29 bits per heavy atom. The normalized spacial score (nSPS) is 13.9. The van der Waals surface area contributed by atoms with Gasteiger partial charge in [-0.3, -0.25) is 9.59 Å². The lowest BCUT2D eigenvalue weighted by Crippen LogP contribution is -2.49. The summed E-state index contributed by atoms with van der Waals surface area (Å²) in [5.74, 6) is -1.54. The van der Waals surface area contributed by atoms with E-state index in [0.29, 0.717) is 5.02 Å². The number of carbonyl (C=O) groups is 2. The Balaban J connectivity index is 2.87. The summed E-state index contributed by atoms with van der Waals surface area (Å²) in [4.78, 5) is 24.5. The summed E-state index contributed by atoms with van der Waals surface area (Å²) < 4.78 is 31.3. The summed E-state index contributed by atoms with van der Waals surface area (Å²) >= 11 is 5.70. The zero-order valence-corrected chi connectivity index (χ0v) is 15.0. The van der Waals surface area contributed by atoms with E-state index in [2.05, 4.69) is 4.72 Å². The molecular formula is C14H19ClN2O6S. The molecule has 0 aliphatic heterocycles. The van der Waals surface area contributed by atoms with Gasteiger partial charge in [-0.15, -0.1) is 0 Å². The van der Waals surface area contributed by atoms with Crippen molar-refractivity contribution >= 4 is 33.5 Å². The number of sulfonamides is 1. The van der Waals surface area contributed by atoms with Crippen molar-refractivity contribution in [1.29, 1.82) is 0 Å². The van der Waals surface area contributed by atoms with Crippen LogP contribution in [0.25, 0.3) is 0 Å². The molecule has 0 radical (unpaired) electrons. The number of halogens is 1. The van der Waals surface area contributed by atoms with Gasteiger partial charge in [-0.2, -0.15) is 4.72 Å². The first-order chi connectivity index (χ1) is 11.0. The van der Waals surface area contributed by atoms with Crippen molar-refractivity contribution < 1.29 is 27.9 Å². The van der Waals surface area contributed by atoms with Crippen LogP contribution in [0.3, 0.4) is 0 Å². The Hall–Kier alpha value is -1.68. The van der Waals surface area contributed by atoms with Crippen LogP contribution in [-0.2, 0) is 24.3 Å². The molecule has 0 aliphatic rings. The number of hydrogen-bond acceptors (Lipinski definition) is 6. The Morgan fingerprint density at radius 3 is 2.29 bits per heavy atom. The summed E-state index contributed by atoms with van der Waals surface area (Å²) in [7, 11) is -1.13. The van der Waals surface area contributed by atoms with E-state index in [0.717, 1.165) is 0 Å². The third-order valence-corrected chi connectivity index (χ3v) is 4.69. The number of hydrogen-bond donors (Lipinski definition) is 2. The van der Waals surface area contributed by atoms with Crippen molar-refractivity contribution in [2.45, 2.75) is 24.0 Å². The molecular weight excluding hydrogens is 360 g/mol. The van der Waals surface area contributed by atoms with Crippen LogP contribution in [0.15, 0.2) is 29.2 Å². The number of carbonyl (C=O) groups excluding carboxylic acids is 2. The van der Waals surface area contributed by atoms with Crippen LogP contribution in [-0.4, -0.2) is 63.1 Å². The fraction of sp³-hybridized carbons (Fsp3) is 0.429. The third-order valence-electron chi connectivity index (χ3n) is 2.98. The molecule has 0 saturated carbocycles. The van der Waals surface area contributed by atoms with Gasteiger partial charge >= 0.3 is 5.97 Å². The first kappa shape index (κ1) is 20.4. The van der Waals surface area contributed by atoms with Crippen LogP contribution in [0, 0.1) is 0 Å². The summed E-state index contributed by atoms with van der Waals surface area (Å²) in [5, 5.41) is 10.0. The SMILES string of the molecule is C[C@@H](O)[C@@H](NS(=O)(=O)c1ccc(Cl)cc1)C(=O)OCC(=O)N(C)C. The van der Waals surface area contributed by atoms with E-state index >= 15 is 0 Å². The molecule has 24 heavy (non-hydrogen) atoms. The molecule has 0 saturated heterocycles. The van der Waals surface area contributed by atoms with Gasteiger partial charge in [0.05, 0.1) is 11.0 Å². The molecule has 10 heteroatoms. The Morgan fingerprint density at radius 2 is 1.83 bits per heavy atom. The maximum absolute atomic E-state index is 12.3. The van der Waals surface area contributed by atoms with E-state index in [1.54, 1.807) is 0 Å². The molecule has 2 N–H and O–H groups in total. The fourth-order valence-corrected chi connectivity index (χ4v) is 2.93. The van der Waals surface area contributed by atoms with Crippen molar-refractivity contribution in [2.24, 2.45) is 0 Å². The van der Waals surface area contributed by atoms with Gasteiger partial charge in [0.1, 0.15) is 6.04 Å². The monoisotopic (exact) mass is 378 g/mol. The number of likely N-dealkylation sites (N-methyl/N-ethyl adjacent to an activating group) is 1. The van der Waals surface area contributed by atoms with Crippen LogP contribution < -0.4 is 4.72 Å². The van der Waals surface area contributed by atoms with Gasteiger partial charge in [0, 0.05) is 19.1 Å². The van der Waals surface area contributed by atoms with Crippen LogP contribution in [0.5, 0.6) is 0 Å². The fourth-order valence-electron chi connectivity index (χ4n) is 1.54. The smallest absolute Gasteiger partial charge is 0.327 e. The van der Waals surface area contributed by atoms with Crippen LogP contribution in [0.1, 0.15) is 6.92 Å². The van der Waals surface area contributed by atoms with E-state index in [9.17, 15) is 23.1 Å². The molecule has 8 nitrogen and oxygen atoms in total. The van der Waals surface area contributed by atoms with E-state index in [4.69, 9.17) is 16.3 Å². The minimum Gasteiger partial charge on any atom is -0.454 e. The van der Waals surface area contributed by atoms with Crippen molar-refractivity contribution in [2.75, 3.05) is 20.7 Å². The standard InChI is InChI=1S/C14H19ClN2O6S/c1-9(18)13(14(20)23-8-12(19)17(2)3)16-24(21,22)11-6-4-10(15)5-7-11/h4-7,9,13,16,18H,8H2,1-3H3/t9-,13-/m1/s1. The number of benzene rings is 1. The lowest BCUT2D eigenvalue weighted by atomic mass is 10.2. The second-order valence-electron chi connectivity index (χ2n) is 5.19. The molecule has 0 spiro atoms. The third kappa shape index (κ3) is 5.75. The Labute approximate surface area is 145 Å². The first-order valence-electron chi connectivity index (χ1n) is 6.87. The molecule has 0 aliphatic carbocycles. The van der Waals surface area contributed by atoms with Crippen molar-refractivity contribution in [3.05, 3.63) is 29.3 Å². The summed E-state index contributed by atoms with van der Waals surface area (Å²) in [6.45, 7) is 0.668. The highest BCUT2D eigenvalue weighted by Crippen LogP contribution is 2.15. The van der Waals surface area contributed by atoms with E-state index in [1.165, 1.54) is 50.2 Å². The number of ether oxygens (including phenoxy) is 1. The van der Waals surface area contributed by atoms with E-state index < -0.39 is 40.7 Å². The van der Waals surface area contributed by atoms with Crippen LogP contribution >= 0.6 is 11.6 Å². The lowest BCUT2D eigenvalue weighted by Gasteiger charge is -2.20. The molecule has 0 unspecified atom stereocenters. The van der Waals surface area contributed by atoms with E-state index in [-0.39, 0.29) is 4.90 Å². The molecule has 0 heterocycles. The molecule has 0 fully saturated rings. The largest absolute Gasteiger partial charge is 0.454 e. The number of amides is 1. The summed E-state index contributed by atoms with van der Waals surface area (Å²) in [5.41, 5.74) is 0. The van der Waals surface area contributed by atoms with Gasteiger partial charge in [0.25, 0.3) is 5.91 Å². The molecule has 0 aromatic heterocycles. The summed E-state index contributed by atoms with van der Waals surface area (Å²) in [6, 6.07) is 3.71. The summed E-state index contributed by atoms with van der Waals surface area (Å²) in [6.07, 6.45) is -1.37. The maximum Gasteiger partial charge on any atom is 0.327 e. The Bertz CT molecular complexity index is 688. The number of rotatable bonds is 7. The highest BCUT2D eigenvalue weighted by atomic mass is 35.5. The average molecular weight is 379 g/mol. The van der Waals surface area contributed by atoms with Gasteiger partial charge in [-0.1, -0.05) is 11.6 Å².